The Hall–Kier alpha value is -2.97. The van der Waals surface area contributed by atoms with Gasteiger partial charge >= 0.3 is 0 Å². The summed E-state index contributed by atoms with van der Waals surface area (Å²) in [4.78, 5) is 12.5. The van der Waals surface area contributed by atoms with E-state index in [4.69, 9.17) is 21.1 Å². The average Bonchev–Trinajstić information content (AvgIpc) is 3.15. The lowest BCUT2D eigenvalue weighted by molar-refractivity contribution is -0.113. The summed E-state index contributed by atoms with van der Waals surface area (Å²) >= 11 is 7.58. The number of ether oxygens (including phenoxy) is 2. The number of methoxy groups -OCH3 is 1. The second-order valence-corrected chi connectivity index (χ2v) is 8.39. The normalized spacial score (nSPS) is 10.6. The molecule has 1 amide bonds. The Labute approximate surface area is 196 Å². The van der Waals surface area contributed by atoms with Gasteiger partial charge in [0, 0.05) is 6.54 Å². The summed E-state index contributed by atoms with van der Waals surface area (Å²) in [6, 6.07) is 11.1. The van der Waals surface area contributed by atoms with E-state index in [0.29, 0.717) is 34.0 Å². The number of anilines is 1. The van der Waals surface area contributed by atoms with Gasteiger partial charge in [-0.2, -0.15) is 0 Å². The van der Waals surface area contributed by atoms with Crippen LogP contribution in [0.2, 0.25) is 5.02 Å². The number of aryl methyl sites for hydroxylation is 2. The van der Waals surface area contributed by atoms with E-state index < -0.39 is 0 Å². The number of allylic oxidation sites excluding steroid dienone is 1. The summed E-state index contributed by atoms with van der Waals surface area (Å²) in [7, 11) is 1.61. The molecular formula is C23H25ClN4O3S. The number of hydrogen-bond acceptors (Lipinski definition) is 6. The van der Waals surface area contributed by atoms with Crippen LogP contribution in [0.5, 0.6) is 11.5 Å². The van der Waals surface area contributed by atoms with E-state index in [9.17, 15) is 4.79 Å². The van der Waals surface area contributed by atoms with E-state index in [1.54, 1.807) is 13.2 Å². The first-order valence-corrected chi connectivity index (χ1v) is 11.3. The highest BCUT2D eigenvalue weighted by Gasteiger charge is 2.15. The Balaban J connectivity index is 1.63. The zero-order valence-electron chi connectivity index (χ0n) is 18.2. The molecule has 9 heteroatoms. The lowest BCUT2D eigenvalue weighted by Crippen LogP contribution is -2.16. The smallest absolute Gasteiger partial charge is 0.234 e. The summed E-state index contributed by atoms with van der Waals surface area (Å²) in [5.74, 6) is 2.08. The summed E-state index contributed by atoms with van der Waals surface area (Å²) in [5.41, 5.74) is 2.59. The Morgan fingerprint density at radius 2 is 1.94 bits per heavy atom. The first kappa shape index (κ1) is 23.7. The number of hydrogen-bond donors (Lipinski definition) is 1. The second kappa shape index (κ2) is 11.1. The van der Waals surface area contributed by atoms with Crippen LogP contribution < -0.4 is 14.8 Å². The molecule has 3 rings (SSSR count). The molecule has 2 aromatic carbocycles. The monoisotopic (exact) mass is 472 g/mol. The van der Waals surface area contributed by atoms with Crippen LogP contribution in [0.4, 0.5) is 5.69 Å². The highest BCUT2D eigenvalue weighted by Crippen LogP contribution is 2.28. The van der Waals surface area contributed by atoms with Crippen LogP contribution in [0.3, 0.4) is 0 Å². The fourth-order valence-corrected chi connectivity index (χ4v) is 4.18. The Morgan fingerprint density at radius 3 is 2.59 bits per heavy atom. The van der Waals surface area contributed by atoms with Gasteiger partial charge in [-0.25, -0.2) is 0 Å². The van der Waals surface area contributed by atoms with Crippen molar-refractivity contribution in [2.24, 2.45) is 0 Å². The zero-order valence-corrected chi connectivity index (χ0v) is 19.8. The van der Waals surface area contributed by atoms with Gasteiger partial charge in [0.05, 0.1) is 23.6 Å². The number of thioether (sulfide) groups is 1. The Kier molecular flexibility index (Phi) is 8.19. The average molecular weight is 473 g/mol. The number of carbonyl (C=O) groups excluding carboxylic acids is 1. The maximum Gasteiger partial charge on any atom is 0.234 e. The van der Waals surface area contributed by atoms with Crippen molar-refractivity contribution < 1.29 is 14.3 Å². The molecule has 0 bridgehead atoms. The van der Waals surface area contributed by atoms with Crippen LogP contribution in [0.25, 0.3) is 0 Å². The van der Waals surface area contributed by atoms with Crippen molar-refractivity contribution in [1.29, 1.82) is 0 Å². The summed E-state index contributed by atoms with van der Waals surface area (Å²) in [5, 5.41) is 12.5. The number of carbonyl (C=O) groups is 1. The number of nitrogens with zero attached hydrogens (tertiary/aromatic N) is 3. The summed E-state index contributed by atoms with van der Waals surface area (Å²) < 4.78 is 12.8. The third kappa shape index (κ3) is 6.05. The lowest BCUT2D eigenvalue weighted by Gasteiger charge is -2.12. The molecule has 3 aromatic rings. The minimum absolute atomic E-state index is 0.165. The molecular weight excluding hydrogens is 448 g/mol. The number of rotatable bonds is 10. The molecule has 32 heavy (non-hydrogen) atoms. The van der Waals surface area contributed by atoms with Crippen LogP contribution in [-0.4, -0.2) is 33.5 Å². The van der Waals surface area contributed by atoms with Crippen molar-refractivity contribution in [3.63, 3.8) is 0 Å². The van der Waals surface area contributed by atoms with Crippen LogP contribution in [0.1, 0.15) is 17.0 Å². The van der Waals surface area contributed by atoms with Crippen LogP contribution >= 0.6 is 23.4 Å². The van der Waals surface area contributed by atoms with Gasteiger partial charge in [0.15, 0.2) is 11.0 Å². The molecule has 168 valence electrons. The summed E-state index contributed by atoms with van der Waals surface area (Å²) in [6.07, 6.45) is 1.75. The van der Waals surface area contributed by atoms with Crippen molar-refractivity contribution >= 4 is 35.0 Å². The van der Waals surface area contributed by atoms with Crippen molar-refractivity contribution in [3.8, 4) is 11.5 Å². The number of halogens is 1. The molecule has 0 aliphatic rings. The largest absolute Gasteiger partial charge is 0.497 e. The predicted molar refractivity (Wildman–Crippen MR) is 128 cm³/mol. The lowest BCUT2D eigenvalue weighted by atomic mass is 10.1. The van der Waals surface area contributed by atoms with E-state index in [0.717, 1.165) is 16.9 Å². The quantitative estimate of drug-likeness (QED) is 0.328. The molecule has 1 heterocycles. The number of amides is 1. The highest BCUT2D eigenvalue weighted by molar-refractivity contribution is 7.99. The van der Waals surface area contributed by atoms with Gasteiger partial charge in [-0.3, -0.25) is 9.36 Å². The molecule has 0 unspecified atom stereocenters. The van der Waals surface area contributed by atoms with Gasteiger partial charge in [0.1, 0.15) is 18.1 Å². The van der Waals surface area contributed by atoms with Crippen LogP contribution in [0, 0.1) is 13.8 Å². The highest BCUT2D eigenvalue weighted by atomic mass is 35.5. The van der Waals surface area contributed by atoms with Gasteiger partial charge in [-0.1, -0.05) is 35.5 Å². The summed E-state index contributed by atoms with van der Waals surface area (Å²) in [6.45, 7) is 8.41. The van der Waals surface area contributed by atoms with E-state index in [-0.39, 0.29) is 18.3 Å². The number of benzene rings is 2. The molecule has 0 aliphatic carbocycles. The number of nitrogens with one attached hydrogen (secondary N) is 1. The first-order chi connectivity index (χ1) is 15.4. The van der Waals surface area contributed by atoms with Gasteiger partial charge in [-0.05, 0) is 55.3 Å². The maximum absolute atomic E-state index is 12.5. The maximum atomic E-state index is 12.5. The number of aromatic nitrogens is 3. The van der Waals surface area contributed by atoms with Crippen molar-refractivity contribution in [3.05, 3.63) is 71.0 Å². The molecule has 1 N–H and O–H groups in total. The minimum atomic E-state index is -0.173. The molecule has 0 spiro atoms. The SMILES string of the molecule is C=CCn1c(COc2ccc(OC)cc2)nnc1SCC(=O)Nc1c(C)cc(C)cc1Cl. The van der Waals surface area contributed by atoms with Crippen molar-refractivity contribution in [2.45, 2.75) is 32.2 Å². The minimum Gasteiger partial charge on any atom is -0.497 e. The fraction of sp³-hybridized carbons (Fsp3) is 0.261. The van der Waals surface area contributed by atoms with Crippen molar-refractivity contribution in [1.82, 2.24) is 14.8 Å². The predicted octanol–water partition coefficient (Wildman–Crippen LogP) is 5.05. The van der Waals surface area contributed by atoms with E-state index in [1.165, 1.54) is 11.8 Å². The van der Waals surface area contributed by atoms with E-state index >= 15 is 0 Å². The zero-order chi connectivity index (χ0) is 23.1. The molecule has 0 saturated heterocycles. The standard InChI is InChI=1S/C23H25ClN4O3S/c1-5-10-28-20(13-31-18-8-6-17(30-4)7-9-18)26-27-23(28)32-14-21(29)25-22-16(3)11-15(2)12-19(22)24/h5-9,11-12H,1,10,13-14H2,2-4H3,(H,25,29). The fourth-order valence-electron chi connectivity index (χ4n) is 3.04. The molecule has 0 saturated carbocycles. The topological polar surface area (TPSA) is 78.3 Å². The second-order valence-electron chi connectivity index (χ2n) is 7.04. The molecule has 1 aromatic heterocycles. The van der Waals surface area contributed by atoms with E-state index in [2.05, 4.69) is 22.1 Å². The van der Waals surface area contributed by atoms with Gasteiger partial charge in [0.2, 0.25) is 5.91 Å². The molecule has 0 radical (unpaired) electrons. The van der Waals surface area contributed by atoms with Crippen molar-refractivity contribution in [2.75, 3.05) is 18.2 Å². The Bertz CT molecular complexity index is 1080. The Morgan fingerprint density at radius 1 is 1.22 bits per heavy atom. The van der Waals surface area contributed by atoms with Crippen LogP contribution in [-0.2, 0) is 17.9 Å². The molecule has 0 atom stereocenters. The third-order valence-corrected chi connectivity index (χ3v) is 5.83. The molecule has 0 fully saturated rings. The van der Waals surface area contributed by atoms with Crippen LogP contribution in [0.15, 0.2) is 54.2 Å². The van der Waals surface area contributed by atoms with Gasteiger partial charge < -0.3 is 14.8 Å². The molecule has 0 aliphatic heterocycles. The van der Waals surface area contributed by atoms with Gasteiger partial charge in [-0.15, -0.1) is 16.8 Å². The van der Waals surface area contributed by atoms with Gasteiger partial charge in [0.25, 0.3) is 0 Å². The molecule has 7 nitrogen and oxygen atoms in total. The van der Waals surface area contributed by atoms with E-state index in [1.807, 2.05) is 54.8 Å². The first-order valence-electron chi connectivity index (χ1n) is 9.90. The third-order valence-electron chi connectivity index (χ3n) is 4.56.